The topological polar surface area (TPSA) is 18.5 Å². The first-order valence-corrected chi connectivity index (χ1v) is 7.13. The second kappa shape index (κ2) is 9.00. The number of hydrogen-bond acceptors (Lipinski definition) is 2. The van der Waals surface area contributed by atoms with Gasteiger partial charge in [0.25, 0.3) is 0 Å². The predicted octanol–water partition coefficient (Wildman–Crippen LogP) is 4.28. The van der Waals surface area contributed by atoms with Crippen molar-refractivity contribution in [1.82, 2.24) is 0 Å². The molecule has 1 aliphatic rings. The Bertz CT molecular complexity index is 145. The van der Waals surface area contributed by atoms with E-state index in [1.807, 2.05) is 0 Å². The van der Waals surface area contributed by atoms with E-state index in [0.29, 0.717) is 6.10 Å². The van der Waals surface area contributed by atoms with Crippen LogP contribution in [0.4, 0.5) is 0 Å². The first-order chi connectivity index (χ1) is 7.86. The molecular weight excluding hydrogens is 200 g/mol. The van der Waals surface area contributed by atoms with Crippen LogP contribution in [-0.4, -0.2) is 19.0 Å². The molecule has 0 aromatic carbocycles. The summed E-state index contributed by atoms with van der Waals surface area (Å²) in [4.78, 5) is 0. The van der Waals surface area contributed by atoms with Crippen molar-refractivity contribution in [2.24, 2.45) is 0 Å². The standard InChI is InChI=1S/C14H28O2/c1-3-5-9-13(10-6-4-2)16-14-11-7-8-12-15-14/h13-14H,3-12H2,1-2H3. The zero-order chi connectivity index (χ0) is 11.6. The van der Waals surface area contributed by atoms with Crippen molar-refractivity contribution in [1.29, 1.82) is 0 Å². The molecule has 1 aliphatic heterocycles. The summed E-state index contributed by atoms with van der Waals surface area (Å²) in [5, 5.41) is 0. The summed E-state index contributed by atoms with van der Waals surface area (Å²) in [6, 6.07) is 0. The second-order valence-electron chi connectivity index (χ2n) is 4.84. The highest BCUT2D eigenvalue weighted by atomic mass is 16.7. The molecule has 1 rings (SSSR count). The summed E-state index contributed by atoms with van der Waals surface area (Å²) in [7, 11) is 0. The molecular formula is C14H28O2. The zero-order valence-electron chi connectivity index (χ0n) is 11.0. The Kier molecular flexibility index (Phi) is 7.87. The van der Waals surface area contributed by atoms with Crippen LogP contribution >= 0.6 is 0 Å². The quantitative estimate of drug-likeness (QED) is 0.617. The first-order valence-electron chi connectivity index (χ1n) is 7.13. The van der Waals surface area contributed by atoms with Gasteiger partial charge in [-0.15, -0.1) is 0 Å². The Morgan fingerprint density at radius 2 is 1.81 bits per heavy atom. The third-order valence-electron chi connectivity index (χ3n) is 3.24. The highest BCUT2D eigenvalue weighted by molar-refractivity contribution is 4.62. The van der Waals surface area contributed by atoms with E-state index in [-0.39, 0.29) is 6.29 Å². The van der Waals surface area contributed by atoms with Gasteiger partial charge in [0.15, 0.2) is 6.29 Å². The van der Waals surface area contributed by atoms with Crippen LogP contribution in [0, 0.1) is 0 Å². The lowest BCUT2D eigenvalue weighted by Crippen LogP contribution is -2.28. The van der Waals surface area contributed by atoms with E-state index in [1.165, 1.54) is 51.4 Å². The highest BCUT2D eigenvalue weighted by Gasteiger charge is 2.19. The van der Waals surface area contributed by atoms with Crippen molar-refractivity contribution in [3.05, 3.63) is 0 Å². The zero-order valence-corrected chi connectivity index (χ0v) is 11.0. The SMILES string of the molecule is CCCCC(CCCC)OC1CCCCO1. The Balaban J connectivity index is 2.23. The van der Waals surface area contributed by atoms with E-state index >= 15 is 0 Å². The van der Waals surface area contributed by atoms with E-state index in [4.69, 9.17) is 9.47 Å². The third kappa shape index (κ3) is 5.86. The molecule has 0 aromatic heterocycles. The summed E-state index contributed by atoms with van der Waals surface area (Å²) < 4.78 is 11.7. The van der Waals surface area contributed by atoms with Crippen molar-refractivity contribution in [3.63, 3.8) is 0 Å². The lowest BCUT2D eigenvalue weighted by atomic mass is 10.1. The molecule has 0 aliphatic carbocycles. The Morgan fingerprint density at radius 3 is 2.31 bits per heavy atom. The van der Waals surface area contributed by atoms with E-state index in [9.17, 15) is 0 Å². The molecule has 96 valence electrons. The Morgan fingerprint density at radius 1 is 1.12 bits per heavy atom. The van der Waals surface area contributed by atoms with Gasteiger partial charge in [-0.05, 0) is 32.1 Å². The summed E-state index contributed by atoms with van der Waals surface area (Å²) in [6.45, 7) is 5.38. The number of rotatable bonds is 8. The van der Waals surface area contributed by atoms with Crippen LogP contribution in [0.2, 0.25) is 0 Å². The molecule has 1 saturated heterocycles. The Hall–Kier alpha value is -0.0800. The van der Waals surface area contributed by atoms with Crippen LogP contribution < -0.4 is 0 Å². The molecule has 2 nitrogen and oxygen atoms in total. The fourth-order valence-corrected chi connectivity index (χ4v) is 2.18. The summed E-state index contributed by atoms with van der Waals surface area (Å²) in [5.74, 6) is 0. The fraction of sp³-hybridized carbons (Fsp3) is 1.00. The minimum absolute atomic E-state index is 0.0902. The minimum Gasteiger partial charge on any atom is -0.353 e. The highest BCUT2D eigenvalue weighted by Crippen LogP contribution is 2.20. The van der Waals surface area contributed by atoms with E-state index < -0.39 is 0 Å². The van der Waals surface area contributed by atoms with Crippen molar-refractivity contribution in [2.45, 2.75) is 84.0 Å². The maximum Gasteiger partial charge on any atom is 0.157 e. The average molecular weight is 228 g/mol. The van der Waals surface area contributed by atoms with Crippen LogP contribution in [0.3, 0.4) is 0 Å². The van der Waals surface area contributed by atoms with Crippen LogP contribution in [-0.2, 0) is 9.47 Å². The van der Waals surface area contributed by atoms with Crippen molar-refractivity contribution in [2.75, 3.05) is 6.61 Å². The molecule has 1 heterocycles. The number of hydrogen-bond donors (Lipinski definition) is 0. The van der Waals surface area contributed by atoms with Gasteiger partial charge in [-0.2, -0.15) is 0 Å². The molecule has 0 radical (unpaired) electrons. The molecule has 0 aromatic rings. The Labute approximate surface area is 101 Å². The molecule has 0 spiro atoms. The number of unbranched alkanes of at least 4 members (excludes halogenated alkanes) is 2. The smallest absolute Gasteiger partial charge is 0.157 e. The van der Waals surface area contributed by atoms with Crippen molar-refractivity contribution in [3.8, 4) is 0 Å². The van der Waals surface area contributed by atoms with Crippen LogP contribution in [0.5, 0.6) is 0 Å². The summed E-state index contributed by atoms with van der Waals surface area (Å²) in [5.41, 5.74) is 0. The molecule has 0 saturated carbocycles. The van der Waals surface area contributed by atoms with Gasteiger partial charge in [-0.1, -0.05) is 39.5 Å². The van der Waals surface area contributed by atoms with Gasteiger partial charge >= 0.3 is 0 Å². The molecule has 1 fully saturated rings. The van der Waals surface area contributed by atoms with Gasteiger partial charge < -0.3 is 9.47 Å². The molecule has 1 unspecified atom stereocenters. The molecule has 2 heteroatoms. The normalized spacial score (nSPS) is 21.6. The van der Waals surface area contributed by atoms with E-state index in [0.717, 1.165) is 13.0 Å². The third-order valence-corrected chi connectivity index (χ3v) is 3.24. The van der Waals surface area contributed by atoms with Gasteiger partial charge in [0.05, 0.1) is 6.10 Å². The lowest BCUT2D eigenvalue weighted by molar-refractivity contribution is -0.190. The molecule has 16 heavy (non-hydrogen) atoms. The molecule has 0 bridgehead atoms. The molecule has 0 amide bonds. The predicted molar refractivity (Wildman–Crippen MR) is 67.5 cm³/mol. The average Bonchev–Trinajstić information content (AvgIpc) is 2.34. The second-order valence-corrected chi connectivity index (χ2v) is 4.84. The monoisotopic (exact) mass is 228 g/mol. The maximum atomic E-state index is 6.07. The van der Waals surface area contributed by atoms with Gasteiger partial charge in [0, 0.05) is 6.61 Å². The summed E-state index contributed by atoms with van der Waals surface area (Å²) in [6.07, 6.45) is 11.6. The van der Waals surface area contributed by atoms with E-state index in [1.54, 1.807) is 0 Å². The van der Waals surface area contributed by atoms with Gasteiger partial charge in [-0.3, -0.25) is 0 Å². The number of ether oxygens (including phenoxy) is 2. The maximum absolute atomic E-state index is 6.07. The van der Waals surface area contributed by atoms with Crippen LogP contribution in [0.1, 0.15) is 71.6 Å². The molecule has 0 N–H and O–H groups in total. The van der Waals surface area contributed by atoms with Crippen LogP contribution in [0.15, 0.2) is 0 Å². The largest absolute Gasteiger partial charge is 0.353 e. The van der Waals surface area contributed by atoms with Crippen LogP contribution in [0.25, 0.3) is 0 Å². The lowest BCUT2D eigenvalue weighted by Gasteiger charge is -2.27. The van der Waals surface area contributed by atoms with Gasteiger partial charge in [-0.25, -0.2) is 0 Å². The minimum atomic E-state index is 0.0902. The first kappa shape index (κ1) is 14.0. The van der Waals surface area contributed by atoms with Crippen molar-refractivity contribution >= 4 is 0 Å². The molecule has 1 atom stereocenters. The van der Waals surface area contributed by atoms with E-state index in [2.05, 4.69) is 13.8 Å². The summed E-state index contributed by atoms with van der Waals surface area (Å²) >= 11 is 0. The fourth-order valence-electron chi connectivity index (χ4n) is 2.18. The van der Waals surface area contributed by atoms with Crippen molar-refractivity contribution < 1.29 is 9.47 Å². The van der Waals surface area contributed by atoms with Gasteiger partial charge in [0.2, 0.25) is 0 Å². The van der Waals surface area contributed by atoms with Gasteiger partial charge in [0.1, 0.15) is 0 Å².